The molecule has 0 unspecified atom stereocenters. The van der Waals surface area contributed by atoms with Crippen molar-refractivity contribution in [2.45, 2.75) is 18.7 Å². The van der Waals surface area contributed by atoms with Gasteiger partial charge in [0.15, 0.2) is 0 Å². The Kier molecular flexibility index (Phi) is 5.79. The van der Waals surface area contributed by atoms with Crippen LogP contribution < -0.4 is 0 Å². The lowest BCUT2D eigenvalue weighted by molar-refractivity contribution is 0.104. The zero-order valence-electron chi connectivity index (χ0n) is 14.8. The van der Waals surface area contributed by atoms with E-state index < -0.39 is 15.6 Å². The second kappa shape index (κ2) is 7.92. The van der Waals surface area contributed by atoms with Crippen LogP contribution in [0.25, 0.3) is 6.08 Å². The molecule has 0 saturated heterocycles. The number of sulfone groups is 1. The van der Waals surface area contributed by atoms with Gasteiger partial charge in [-0.05, 0) is 73.3 Å². The molecule has 6 heteroatoms. The molecule has 1 heterocycles. The summed E-state index contributed by atoms with van der Waals surface area (Å²) in [6, 6.07) is 15.1. The highest BCUT2D eigenvalue weighted by Gasteiger charge is 2.28. The van der Waals surface area contributed by atoms with Crippen molar-refractivity contribution < 1.29 is 13.2 Å². The first kappa shape index (κ1) is 19.7. The van der Waals surface area contributed by atoms with Crippen molar-refractivity contribution in [1.82, 2.24) is 0 Å². The minimum atomic E-state index is -3.96. The second-order valence-corrected chi connectivity index (χ2v) is 9.91. The number of rotatable bonds is 5. The number of Topliss-reactive ketones (excluding diaryl/α,β-unsaturated/α-hetero) is 1. The third-order valence-electron chi connectivity index (χ3n) is 4.11. The molecule has 138 valence electrons. The standard InChI is InChI=1S/C21H17BrO3S2/c1-14-3-9-18(10-4-14)27(24,25)20(13-19-15(2)11-12-26-19)21(23)16-5-7-17(22)8-6-16/h3-13H,1-2H3/b20-13+. The topological polar surface area (TPSA) is 51.2 Å². The van der Waals surface area contributed by atoms with Gasteiger partial charge in [0, 0.05) is 14.9 Å². The van der Waals surface area contributed by atoms with Crippen LogP contribution in [-0.2, 0) is 9.84 Å². The number of carbonyl (C=O) groups excluding carboxylic acids is 1. The molecule has 0 spiro atoms. The van der Waals surface area contributed by atoms with Gasteiger partial charge in [0.05, 0.1) is 4.90 Å². The van der Waals surface area contributed by atoms with E-state index in [1.807, 2.05) is 25.3 Å². The molecule has 3 rings (SSSR count). The van der Waals surface area contributed by atoms with Gasteiger partial charge in [0.25, 0.3) is 0 Å². The van der Waals surface area contributed by atoms with Crippen LogP contribution in [-0.4, -0.2) is 14.2 Å². The van der Waals surface area contributed by atoms with Crippen LogP contribution in [0.5, 0.6) is 0 Å². The molecule has 2 aromatic carbocycles. The summed E-state index contributed by atoms with van der Waals surface area (Å²) < 4.78 is 27.4. The average Bonchev–Trinajstić information content (AvgIpc) is 3.05. The summed E-state index contributed by atoms with van der Waals surface area (Å²) in [6.07, 6.45) is 1.49. The van der Waals surface area contributed by atoms with Crippen LogP contribution in [0.2, 0.25) is 0 Å². The van der Waals surface area contributed by atoms with Crippen molar-refractivity contribution in [3.63, 3.8) is 0 Å². The summed E-state index contributed by atoms with van der Waals surface area (Å²) >= 11 is 4.74. The van der Waals surface area contributed by atoms with E-state index in [0.717, 1.165) is 20.5 Å². The third kappa shape index (κ3) is 4.29. The minimum Gasteiger partial charge on any atom is -0.288 e. The predicted octanol–water partition coefficient (Wildman–Crippen LogP) is 5.83. The van der Waals surface area contributed by atoms with Gasteiger partial charge >= 0.3 is 0 Å². The van der Waals surface area contributed by atoms with E-state index in [0.29, 0.717) is 5.56 Å². The number of aryl methyl sites for hydroxylation is 2. The van der Waals surface area contributed by atoms with Crippen molar-refractivity contribution in [2.24, 2.45) is 0 Å². The van der Waals surface area contributed by atoms with Crippen molar-refractivity contribution in [3.8, 4) is 0 Å². The Morgan fingerprint density at radius 3 is 2.15 bits per heavy atom. The Morgan fingerprint density at radius 1 is 0.963 bits per heavy atom. The van der Waals surface area contributed by atoms with Gasteiger partial charge in [0.2, 0.25) is 15.6 Å². The van der Waals surface area contributed by atoms with Gasteiger partial charge in [-0.25, -0.2) is 8.42 Å². The normalized spacial score (nSPS) is 12.2. The molecule has 0 radical (unpaired) electrons. The lowest BCUT2D eigenvalue weighted by Crippen LogP contribution is -2.14. The number of hydrogen-bond donors (Lipinski definition) is 0. The summed E-state index contributed by atoms with van der Waals surface area (Å²) in [6.45, 7) is 3.78. The Labute approximate surface area is 171 Å². The molecule has 0 N–H and O–H groups in total. The number of halogens is 1. The molecule has 0 saturated carbocycles. The lowest BCUT2D eigenvalue weighted by Gasteiger charge is -2.10. The number of allylic oxidation sites excluding steroid dienone is 1. The number of thiophene rings is 1. The van der Waals surface area contributed by atoms with Crippen LogP contribution in [0.3, 0.4) is 0 Å². The van der Waals surface area contributed by atoms with Gasteiger partial charge in [0.1, 0.15) is 4.91 Å². The van der Waals surface area contributed by atoms with E-state index >= 15 is 0 Å². The maximum atomic E-state index is 13.3. The van der Waals surface area contributed by atoms with E-state index in [2.05, 4.69) is 15.9 Å². The fraction of sp³-hybridized carbons (Fsp3) is 0.0952. The van der Waals surface area contributed by atoms with Crippen molar-refractivity contribution in [2.75, 3.05) is 0 Å². The summed E-state index contributed by atoms with van der Waals surface area (Å²) in [5.41, 5.74) is 2.21. The van der Waals surface area contributed by atoms with Crippen LogP contribution in [0.15, 0.2) is 74.3 Å². The number of ketones is 1. The predicted molar refractivity (Wildman–Crippen MR) is 114 cm³/mol. The summed E-state index contributed by atoms with van der Waals surface area (Å²) in [5.74, 6) is -0.518. The van der Waals surface area contributed by atoms with Crippen LogP contribution in [0, 0.1) is 13.8 Å². The maximum Gasteiger partial charge on any atom is 0.210 e. The Balaban J connectivity index is 2.17. The fourth-order valence-corrected chi connectivity index (χ4v) is 5.09. The molecular formula is C21H17BrO3S2. The molecule has 0 amide bonds. The summed E-state index contributed by atoms with van der Waals surface area (Å²) in [4.78, 5) is 13.8. The average molecular weight is 461 g/mol. The van der Waals surface area contributed by atoms with Gasteiger partial charge in [-0.3, -0.25) is 4.79 Å². The molecular weight excluding hydrogens is 444 g/mol. The van der Waals surface area contributed by atoms with Gasteiger partial charge in [-0.15, -0.1) is 11.3 Å². The highest BCUT2D eigenvalue weighted by molar-refractivity contribution is 9.10. The molecule has 1 aromatic heterocycles. The molecule has 27 heavy (non-hydrogen) atoms. The summed E-state index contributed by atoms with van der Waals surface area (Å²) in [5, 5.41) is 1.88. The largest absolute Gasteiger partial charge is 0.288 e. The smallest absolute Gasteiger partial charge is 0.210 e. The van der Waals surface area contributed by atoms with Crippen molar-refractivity contribution in [1.29, 1.82) is 0 Å². The molecule has 0 atom stereocenters. The highest BCUT2D eigenvalue weighted by Crippen LogP contribution is 2.28. The first-order chi connectivity index (χ1) is 12.8. The third-order valence-corrected chi connectivity index (χ3v) is 7.38. The summed E-state index contributed by atoms with van der Waals surface area (Å²) in [7, 11) is -3.96. The van der Waals surface area contributed by atoms with E-state index in [1.165, 1.54) is 29.5 Å². The first-order valence-electron chi connectivity index (χ1n) is 8.17. The Hall–Kier alpha value is -2.02. The number of hydrogen-bond acceptors (Lipinski definition) is 4. The Morgan fingerprint density at radius 2 is 1.59 bits per heavy atom. The SMILES string of the molecule is Cc1ccc(S(=O)(=O)/C(=C/c2sccc2C)C(=O)c2ccc(Br)cc2)cc1. The molecule has 0 aliphatic rings. The zero-order chi connectivity index (χ0) is 19.6. The Bertz CT molecular complexity index is 1110. The molecule has 3 nitrogen and oxygen atoms in total. The fourth-order valence-electron chi connectivity index (χ4n) is 2.50. The highest BCUT2D eigenvalue weighted by atomic mass is 79.9. The van der Waals surface area contributed by atoms with Gasteiger partial charge in [-0.1, -0.05) is 33.6 Å². The van der Waals surface area contributed by atoms with E-state index in [9.17, 15) is 13.2 Å². The first-order valence-corrected chi connectivity index (χ1v) is 11.3. The molecule has 0 aliphatic carbocycles. The molecule has 3 aromatic rings. The quantitative estimate of drug-likeness (QED) is 0.355. The van der Waals surface area contributed by atoms with Crippen LogP contribution in [0.1, 0.15) is 26.4 Å². The minimum absolute atomic E-state index is 0.110. The zero-order valence-corrected chi connectivity index (χ0v) is 18.0. The number of benzene rings is 2. The van der Waals surface area contributed by atoms with Crippen molar-refractivity contribution >= 4 is 49.0 Å². The van der Waals surface area contributed by atoms with E-state index in [4.69, 9.17) is 0 Å². The van der Waals surface area contributed by atoms with E-state index in [1.54, 1.807) is 36.4 Å². The van der Waals surface area contributed by atoms with Gasteiger partial charge < -0.3 is 0 Å². The number of carbonyl (C=O) groups is 1. The molecule has 0 aliphatic heterocycles. The van der Waals surface area contributed by atoms with Gasteiger partial charge in [-0.2, -0.15) is 0 Å². The van der Waals surface area contributed by atoms with Crippen molar-refractivity contribution in [3.05, 3.63) is 90.9 Å². The maximum absolute atomic E-state index is 13.3. The molecule has 0 bridgehead atoms. The lowest BCUT2D eigenvalue weighted by atomic mass is 10.1. The molecule has 0 fully saturated rings. The van der Waals surface area contributed by atoms with Crippen LogP contribution >= 0.6 is 27.3 Å². The van der Waals surface area contributed by atoms with E-state index in [-0.39, 0.29) is 9.80 Å². The monoisotopic (exact) mass is 460 g/mol. The second-order valence-electron chi connectivity index (χ2n) is 6.13. The van der Waals surface area contributed by atoms with Crippen LogP contribution in [0.4, 0.5) is 0 Å².